The minimum Gasteiger partial charge on any atom is -0.493 e. The summed E-state index contributed by atoms with van der Waals surface area (Å²) in [6, 6.07) is 0. The van der Waals surface area contributed by atoms with E-state index in [0.717, 1.165) is 0 Å². The minimum atomic E-state index is -1.36. The average molecular weight is 370 g/mol. The van der Waals surface area contributed by atoms with Crippen LogP contribution in [-0.2, 0) is 28.6 Å². The maximum Gasteiger partial charge on any atom is 0.333 e. The van der Waals surface area contributed by atoms with Crippen LogP contribution in [0.3, 0.4) is 0 Å². The first-order valence-corrected chi connectivity index (χ1v) is 9.10. The van der Waals surface area contributed by atoms with Gasteiger partial charge in [-0.15, -0.1) is 12.3 Å². The number of carbonyl (C=O) groups excluding carboxylic acids is 3. The minimum absolute atomic E-state index is 0.140. The third-order valence-electron chi connectivity index (χ3n) is 5.18. The van der Waals surface area contributed by atoms with Crippen LogP contribution in [0.4, 0.5) is 0 Å². The van der Waals surface area contributed by atoms with Crippen LogP contribution in [0.1, 0.15) is 32.6 Å². The molecular formula is C21H22O6. The van der Waals surface area contributed by atoms with Gasteiger partial charge in [-0.2, -0.15) is 0 Å². The summed E-state index contributed by atoms with van der Waals surface area (Å²) in [5.74, 6) is 1.37. The van der Waals surface area contributed by atoms with E-state index in [4.69, 9.17) is 20.6 Å². The molecule has 3 aliphatic rings. The first-order valence-electron chi connectivity index (χ1n) is 9.10. The number of hydrogen-bond acceptors (Lipinski definition) is 6. The molecule has 0 aromatic carbocycles. The summed E-state index contributed by atoms with van der Waals surface area (Å²) in [4.78, 5) is 36.8. The highest BCUT2D eigenvalue weighted by molar-refractivity contribution is 6.04. The molecule has 0 aromatic heterocycles. The Morgan fingerprint density at radius 3 is 3.04 bits per heavy atom. The van der Waals surface area contributed by atoms with Gasteiger partial charge in [0.1, 0.15) is 5.76 Å². The first kappa shape index (κ1) is 19.0. The van der Waals surface area contributed by atoms with Gasteiger partial charge in [0.05, 0.1) is 19.6 Å². The number of allylic oxidation sites excluding steroid dienone is 3. The molecule has 0 radical (unpaired) electrons. The third kappa shape index (κ3) is 3.42. The van der Waals surface area contributed by atoms with Crippen LogP contribution >= 0.6 is 0 Å². The number of hydrogen-bond donors (Lipinski definition) is 0. The zero-order valence-corrected chi connectivity index (χ0v) is 15.2. The second-order valence-electron chi connectivity index (χ2n) is 6.74. The van der Waals surface area contributed by atoms with Gasteiger partial charge in [0, 0.05) is 23.8 Å². The summed E-state index contributed by atoms with van der Waals surface area (Å²) in [7, 11) is 0. The summed E-state index contributed by atoms with van der Waals surface area (Å²) in [6.07, 6.45) is 13.2. The van der Waals surface area contributed by atoms with Gasteiger partial charge in [0.15, 0.2) is 0 Å². The van der Waals surface area contributed by atoms with Crippen molar-refractivity contribution in [1.82, 2.24) is 0 Å². The lowest BCUT2D eigenvalue weighted by atomic mass is 9.70. The normalized spacial score (nSPS) is 29.0. The molecule has 2 heterocycles. The van der Waals surface area contributed by atoms with Crippen molar-refractivity contribution in [3.63, 3.8) is 0 Å². The molecule has 1 aliphatic carbocycles. The van der Waals surface area contributed by atoms with Crippen molar-refractivity contribution in [1.29, 1.82) is 0 Å². The van der Waals surface area contributed by atoms with Crippen molar-refractivity contribution in [2.24, 2.45) is 11.8 Å². The number of ketones is 1. The largest absolute Gasteiger partial charge is 0.493 e. The van der Waals surface area contributed by atoms with Crippen molar-refractivity contribution >= 4 is 17.7 Å². The topological polar surface area (TPSA) is 78.9 Å². The molecule has 142 valence electrons. The van der Waals surface area contributed by atoms with Gasteiger partial charge in [-0.05, 0) is 31.9 Å². The van der Waals surface area contributed by atoms with E-state index < -0.39 is 17.5 Å². The zero-order chi connectivity index (χ0) is 19.4. The predicted molar refractivity (Wildman–Crippen MR) is 96.0 cm³/mol. The number of carbonyl (C=O) groups is 3. The van der Waals surface area contributed by atoms with Gasteiger partial charge < -0.3 is 14.2 Å². The Morgan fingerprint density at radius 1 is 1.48 bits per heavy atom. The summed E-state index contributed by atoms with van der Waals surface area (Å²) in [6.45, 7) is 2.37. The van der Waals surface area contributed by atoms with E-state index >= 15 is 0 Å². The molecule has 2 saturated heterocycles. The van der Waals surface area contributed by atoms with Crippen LogP contribution < -0.4 is 0 Å². The highest BCUT2D eigenvalue weighted by Gasteiger charge is 2.62. The highest BCUT2D eigenvalue weighted by Crippen LogP contribution is 2.50. The molecule has 0 aromatic rings. The number of rotatable bonds is 6. The Hall–Kier alpha value is -2.81. The maximum atomic E-state index is 12.6. The molecular weight excluding hydrogens is 348 g/mol. The SMILES string of the molecule is C#CCC/C(=C\C[C@H]1COC2=CC=CC(=O)[C@]23OC(=O)C[C@H]13)C(=O)OCC. The summed E-state index contributed by atoms with van der Waals surface area (Å²) < 4.78 is 16.3. The third-order valence-corrected chi connectivity index (χ3v) is 5.18. The fourth-order valence-electron chi connectivity index (χ4n) is 3.89. The zero-order valence-electron chi connectivity index (χ0n) is 15.2. The molecule has 1 spiro atoms. The fourth-order valence-corrected chi connectivity index (χ4v) is 3.89. The lowest BCUT2D eigenvalue weighted by molar-refractivity contribution is -0.163. The van der Waals surface area contributed by atoms with Crippen LogP contribution in [-0.4, -0.2) is 36.5 Å². The van der Waals surface area contributed by atoms with Crippen molar-refractivity contribution in [3.8, 4) is 12.3 Å². The number of esters is 2. The average Bonchev–Trinajstić information content (AvgIpc) is 3.00. The van der Waals surface area contributed by atoms with Gasteiger partial charge >= 0.3 is 11.9 Å². The van der Waals surface area contributed by atoms with E-state index in [1.807, 2.05) is 0 Å². The summed E-state index contributed by atoms with van der Waals surface area (Å²) >= 11 is 0. The van der Waals surface area contributed by atoms with E-state index in [1.165, 1.54) is 6.08 Å². The lowest BCUT2D eigenvalue weighted by Crippen LogP contribution is -2.53. The van der Waals surface area contributed by atoms with Crippen molar-refractivity contribution in [2.75, 3.05) is 13.2 Å². The van der Waals surface area contributed by atoms with Crippen LogP contribution in [0.15, 0.2) is 35.6 Å². The van der Waals surface area contributed by atoms with Crippen molar-refractivity contribution in [2.45, 2.75) is 38.2 Å². The van der Waals surface area contributed by atoms with E-state index in [-0.39, 0.29) is 30.6 Å². The maximum absolute atomic E-state index is 12.6. The Kier molecular flexibility index (Phi) is 5.50. The fraction of sp³-hybridized carbons (Fsp3) is 0.476. The molecule has 3 rings (SSSR count). The smallest absolute Gasteiger partial charge is 0.333 e. The molecule has 0 bridgehead atoms. The molecule has 0 unspecified atom stereocenters. The molecule has 6 heteroatoms. The van der Waals surface area contributed by atoms with Crippen molar-refractivity contribution in [3.05, 3.63) is 35.6 Å². The molecule has 2 aliphatic heterocycles. The Labute approximate surface area is 158 Å². The van der Waals surface area contributed by atoms with Crippen LogP contribution in [0.2, 0.25) is 0 Å². The quantitative estimate of drug-likeness (QED) is 0.405. The highest BCUT2D eigenvalue weighted by atomic mass is 16.6. The van der Waals surface area contributed by atoms with Crippen LogP contribution in [0.5, 0.6) is 0 Å². The number of terminal acetylenes is 1. The Bertz CT molecular complexity index is 781. The number of ether oxygens (including phenoxy) is 3. The monoisotopic (exact) mass is 370 g/mol. The Morgan fingerprint density at radius 2 is 2.30 bits per heavy atom. The standard InChI is InChI=1S/C21H22O6/c1-3-5-7-14(20(24)25-4-2)10-11-15-13-26-18-9-6-8-17(22)21(18)16(15)12-19(23)27-21/h1,6,8-10,15-16H,4-5,7,11-13H2,2H3/b14-10+/t15-,16+,21-/m0/s1. The molecule has 27 heavy (non-hydrogen) atoms. The van der Waals surface area contributed by atoms with Gasteiger partial charge in [0.2, 0.25) is 11.4 Å². The molecule has 0 amide bonds. The molecule has 0 saturated carbocycles. The second kappa shape index (κ2) is 7.83. The van der Waals surface area contributed by atoms with E-state index in [0.29, 0.717) is 37.2 Å². The first-order chi connectivity index (χ1) is 13.0. The summed E-state index contributed by atoms with van der Waals surface area (Å²) in [5.41, 5.74) is -0.851. The van der Waals surface area contributed by atoms with Crippen molar-refractivity contribution < 1.29 is 28.6 Å². The van der Waals surface area contributed by atoms with Gasteiger partial charge in [0.25, 0.3) is 0 Å². The predicted octanol–water partition coefficient (Wildman–Crippen LogP) is 2.25. The molecule has 6 nitrogen and oxygen atoms in total. The molecule has 0 N–H and O–H groups in total. The Balaban J connectivity index is 1.83. The van der Waals surface area contributed by atoms with Gasteiger partial charge in [-0.1, -0.05) is 12.2 Å². The molecule has 3 atom stereocenters. The van der Waals surface area contributed by atoms with Crippen LogP contribution in [0.25, 0.3) is 0 Å². The van der Waals surface area contributed by atoms with Crippen LogP contribution in [0, 0.1) is 24.2 Å². The van der Waals surface area contributed by atoms with Gasteiger partial charge in [-0.25, -0.2) is 4.79 Å². The summed E-state index contributed by atoms with van der Waals surface area (Å²) in [5, 5.41) is 0. The lowest BCUT2D eigenvalue weighted by Gasteiger charge is -2.42. The van der Waals surface area contributed by atoms with Gasteiger partial charge in [-0.3, -0.25) is 9.59 Å². The van der Waals surface area contributed by atoms with E-state index in [1.54, 1.807) is 25.2 Å². The van der Waals surface area contributed by atoms with E-state index in [9.17, 15) is 14.4 Å². The van der Waals surface area contributed by atoms with E-state index in [2.05, 4.69) is 5.92 Å². The molecule has 2 fully saturated rings. The second-order valence-corrected chi connectivity index (χ2v) is 6.74.